The van der Waals surface area contributed by atoms with Crippen LogP contribution in [0, 0.1) is 6.92 Å². The summed E-state index contributed by atoms with van der Waals surface area (Å²) in [6, 6.07) is 4.20. The van der Waals surface area contributed by atoms with Crippen molar-refractivity contribution in [2.24, 2.45) is 5.73 Å². The lowest BCUT2D eigenvalue weighted by Crippen LogP contribution is -2.29. The van der Waals surface area contributed by atoms with Crippen molar-refractivity contribution < 1.29 is 0 Å². The van der Waals surface area contributed by atoms with Crippen molar-refractivity contribution in [1.82, 2.24) is 4.98 Å². The Morgan fingerprint density at radius 2 is 2.36 bits per heavy atom. The number of anilines is 1. The molecule has 0 spiro atoms. The van der Waals surface area contributed by atoms with Gasteiger partial charge in [0.2, 0.25) is 0 Å². The Balaban J connectivity index is 2.41. The minimum atomic E-state index is 0.224. The number of hydrogen-bond donors (Lipinski definition) is 2. The summed E-state index contributed by atoms with van der Waals surface area (Å²) in [5.74, 6) is 0.944. The lowest BCUT2D eigenvalue weighted by molar-refractivity contribution is 0.626. The highest BCUT2D eigenvalue weighted by atomic mass is 15.0. The molecule has 0 amide bonds. The third-order valence-electron chi connectivity index (χ3n) is 2.20. The number of nitrogens with zero attached hydrogens (tertiary/aromatic N) is 1. The normalized spacial score (nSPS) is 12.5. The largest absolute Gasteiger partial charge is 0.368 e. The maximum Gasteiger partial charge on any atom is 0.128 e. The van der Waals surface area contributed by atoms with Gasteiger partial charge in [-0.1, -0.05) is 19.4 Å². The van der Waals surface area contributed by atoms with Crippen LogP contribution < -0.4 is 11.1 Å². The average Bonchev–Trinajstić information content (AvgIpc) is 2.17. The number of aromatic nitrogens is 1. The highest BCUT2D eigenvalue weighted by molar-refractivity contribution is 5.42. The van der Waals surface area contributed by atoms with Gasteiger partial charge >= 0.3 is 0 Å². The number of pyridine rings is 1. The van der Waals surface area contributed by atoms with E-state index in [0.29, 0.717) is 0 Å². The summed E-state index contributed by atoms with van der Waals surface area (Å²) in [4.78, 5) is 4.24. The Bertz CT molecular complexity index is 273. The van der Waals surface area contributed by atoms with Gasteiger partial charge < -0.3 is 11.1 Å². The molecule has 0 saturated carbocycles. The fraction of sp³-hybridized carbons (Fsp3) is 0.545. The van der Waals surface area contributed by atoms with Crippen molar-refractivity contribution in [3.63, 3.8) is 0 Å². The highest BCUT2D eigenvalue weighted by Crippen LogP contribution is 2.08. The molecule has 0 aromatic carbocycles. The Hall–Kier alpha value is -1.09. The Labute approximate surface area is 85.7 Å². The van der Waals surface area contributed by atoms with Crippen LogP contribution in [0.5, 0.6) is 0 Å². The maximum absolute atomic E-state index is 5.89. The molecule has 0 aliphatic heterocycles. The van der Waals surface area contributed by atoms with Gasteiger partial charge in [0.15, 0.2) is 0 Å². The molecule has 78 valence electrons. The molecule has 1 heterocycles. The molecule has 3 nitrogen and oxygen atoms in total. The van der Waals surface area contributed by atoms with Gasteiger partial charge in [-0.3, -0.25) is 0 Å². The van der Waals surface area contributed by atoms with E-state index in [2.05, 4.69) is 17.2 Å². The van der Waals surface area contributed by atoms with Crippen molar-refractivity contribution in [1.29, 1.82) is 0 Å². The third kappa shape index (κ3) is 3.34. The summed E-state index contributed by atoms with van der Waals surface area (Å²) >= 11 is 0. The van der Waals surface area contributed by atoms with Crippen LogP contribution in [0.3, 0.4) is 0 Å². The summed E-state index contributed by atoms with van der Waals surface area (Å²) in [6.07, 6.45) is 3.98. The van der Waals surface area contributed by atoms with Gasteiger partial charge in [-0.25, -0.2) is 4.98 Å². The van der Waals surface area contributed by atoms with Crippen LogP contribution in [-0.2, 0) is 0 Å². The lowest BCUT2D eigenvalue weighted by atomic mass is 10.2. The molecule has 3 heteroatoms. The first-order valence-corrected chi connectivity index (χ1v) is 5.15. The van der Waals surface area contributed by atoms with Gasteiger partial charge in [0.05, 0.1) is 0 Å². The Morgan fingerprint density at radius 1 is 1.57 bits per heavy atom. The van der Waals surface area contributed by atoms with E-state index in [4.69, 9.17) is 5.73 Å². The second-order valence-corrected chi connectivity index (χ2v) is 3.60. The molecule has 0 fully saturated rings. The maximum atomic E-state index is 5.89. The molecular formula is C11H19N3. The Kier molecular flexibility index (Phi) is 4.40. The van der Waals surface area contributed by atoms with Gasteiger partial charge in [-0.2, -0.15) is 0 Å². The van der Waals surface area contributed by atoms with E-state index >= 15 is 0 Å². The zero-order valence-electron chi connectivity index (χ0n) is 8.96. The van der Waals surface area contributed by atoms with Crippen LogP contribution in [0.4, 0.5) is 5.82 Å². The van der Waals surface area contributed by atoms with Crippen LogP contribution in [0.1, 0.15) is 25.3 Å². The van der Waals surface area contributed by atoms with Crippen molar-refractivity contribution in [3.05, 3.63) is 23.9 Å². The molecular weight excluding hydrogens is 174 g/mol. The SMILES string of the molecule is CCCC(N)CNc1ncccc1C. The molecule has 1 rings (SSSR count). The fourth-order valence-electron chi connectivity index (χ4n) is 1.37. The van der Waals surface area contributed by atoms with E-state index in [9.17, 15) is 0 Å². The quantitative estimate of drug-likeness (QED) is 0.751. The van der Waals surface area contributed by atoms with Crippen LogP contribution in [0.25, 0.3) is 0 Å². The molecule has 0 aliphatic rings. The second kappa shape index (κ2) is 5.60. The molecule has 1 atom stereocenters. The van der Waals surface area contributed by atoms with Crippen LogP contribution in [0.2, 0.25) is 0 Å². The number of aryl methyl sites for hydroxylation is 1. The van der Waals surface area contributed by atoms with Gasteiger partial charge in [-0.15, -0.1) is 0 Å². The third-order valence-corrected chi connectivity index (χ3v) is 2.20. The van der Waals surface area contributed by atoms with Gasteiger partial charge in [0.1, 0.15) is 5.82 Å². The molecule has 14 heavy (non-hydrogen) atoms. The summed E-state index contributed by atoms with van der Waals surface area (Å²) < 4.78 is 0. The van der Waals surface area contributed by atoms with E-state index in [1.165, 1.54) is 0 Å². The summed E-state index contributed by atoms with van der Waals surface area (Å²) in [6.45, 7) is 4.98. The van der Waals surface area contributed by atoms with Gasteiger partial charge in [-0.05, 0) is 25.0 Å². The zero-order chi connectivity index (χ0) is 10.4. The molecule has 1 aromatic rings. The van der Waals surface area contributed by atoms with Crippen molar-refractivity contribution in [2.45, 2.75) is 32.7 Å². The number of nitrogens with two attached hydrogens (primary N) is 1. The van der Waals surface area contributed by atoms with E-state index in [1.54, 1.807) is 6.20 Å². The lowest BCUT2D eigenvalue weighted by Gasteiger charge is -2.13. The van der Waals surface area contributed by atoms with Crippen LogP contribution in [0.15, 0.2) is 18.3 Å². The van der Waals surface area contributed by atoms with Crippen LogP contribution >= 0.6 is 0 Å². The topological polar surface area (TPSA) is 50.9 Å². The fourth-order valence-corrected chi connectivity index (χ4v) is 1.37. The first-order chi connectivity index (χ1) is 6.74. The summed E-state index contributed by atoms with van der Waals surface area (Å²) in [7, 11) is 0. The number of nitrogens with one attached hydrogen (secondary N) is 1. The molecule has 0 bridgehead atoms. The monoisotopic (exact) mass is 193 g/mol. The highest BCUT2D eigenvalue weighted by Gasteiger charge is 2.02. The van der Waals surface area contributed by atoms with E-state index in [-0.39, 0.29) is 6.04 Å². The number of rotatable bonds is 5. The average molecular weight is 193 g/mol. The predicted molar refractivity (Wildman–Crippen MR) is 60.3 cm³/mol. The second-order valence-electron chi connectivity index (χ2n) is 3.60. The predicted octanol–water partition coefficient (Wildman–Crippen LogP) is 1.93. The standard InChI is InChI=1S/C11H19N3/c1-3-5-10(12)8-14-11-9(2)6-4-7-13-11/h4,6-7,10H,3,5,8,12H2,1-2H3,(H,13,14). The molecule has 0 radical (unpaired) electrons. The van der Waals surface area contributed by atoms with E-state index in [0.717, 1.165) is 30.8 Å². The molecule has 0 saturated heterocycles. The van der Waals surface area contributed by atoms with E-state index in [1.807, 2.05) is 19.1 Å². The first kappa shape index (κ1) is 11.0. The van der Waals surface area contributed by atoms with Crippen molar-refractivity contribution >= 4 is 5.82 Å². The summed E-state index contributed by atoms with van der Waals surface area (Å²) in [5, 5.41) is 3.26. The first-order valence-electron chi connectivity index (χ1n) is 5.15. The minimum absolute atomic E-state index is 0.224. The van der Waals surface area contributed by atoms with Gasteiger partial charge in [0, 0.05) is 18.8 Å². The molecule has 0 aliphatic carbocycles. The van der Waals surface area contributed by atoms with Crippen molar-refractivity contribution in [3.8, 4) is 0 Å². The van der Waals surface area contributed by atoms with Crippen LogP contribution in [-0.4, -0.2) is 17.6 Å². The summed E-state index contributed by atoms with van der Waals surface area (Å²) in [5.41, 5.74) is 7.05. The molecule has 3 N–H and O–H groups in total. The molecule has 1 unspecified atom stereocenters. The van der Waals surface area contributed by atoms with E-state index < -0.39 is 0 Å². The number of hydrogen-bond acceptors (Lipinski definition) is 3. The van der Waals surface area contributed by atoms with Crippen molar-refractivity contribution in [2.75, 3.05) is 11.9 Å². The molecule has 1 aromatic heterocycles. The zero-order valence-corrected chi connectivity index (χ0v) is 8.96. The van der Waals surface area contributed by atoms with Gasteiger partial charge in [0.25, 0.3) is 0 Å². The minimum Gasteiger partial charge on any atom is -0.368 e. The smallest absolute Gasteiger partial charge is 0.128 e. The Morgan fingerprint density at radius 3 is 3.00 bits per heavy atom.